The average Bonchev–Trinajstić information content (AvgIpc) is 2.84. The molecular weight excluding hydrogens is 464 g/mol. The minimum atomic E-state index is -1.46. The predicted molar refractivity (Wildman–Crippen MR) is 138 cm³/mol. The normalized spacial score (nSPS) is 25.6. The standard InChI is InChI=1S/C28H38O8/c1-16(11-12-21-18(3)14-22(33-6)20(5)19(21)4)9-8-10-17(2)13-24(30)36-27-26(32)25(31)23(15-29)35-28(27)34-7/h8-14,23,25-29,31-32H,15H2,1-7H3/t23-,25-,26+,27-,28+/m1/s1. The smallest absolute Gasteiger partial charge is 0.331 e. The number of aliphatic hydroxyl groups excluding tert-OH is 3. The maximum absolute atomic E-state index is 12.4. The predicted octanol–water partition coefficient (Wildman–Crippen LogP) is 3.08. The molecule has 1 aromatic rings. The molecule has 0 saturated carbocycles. The van der Waals surface area contributed by atoms with E-state index in [2.05, 4.69) is 19.9 Å². The summed E-state index contributed by atoms with van der Waals surface area (Å²) in [5.41, 5.74) is 6.22. The van der Waals surface area contributed by atoms with E-state index in [1.54, 1.807) is 20.1 Å². The zero-order valence-electron chi connectivity index (χ0n) is 22.0. The third-order valence-electron chi connectivity index (χ3n) is 6.21. The highest BCUT2D eigenvalue weighted by atomic mass is 16.7. The van der Waals surface area contributed by atoms with Crippen molar-refractivity contribution in [2.45, 2.75) is 65.3 Å². The zero-order valence-corrected chi connectivity index (χ0v) is 22.0. The van der Waals surface area contributed by atoms with Crippen LogP contribution in [0.2, 0.25) is 0 Å². The van der Waals surface area contributed by atoms with Crippen LogP contribution in [0.3, 0.4) is 0 Å². The summed E-state index contributed by atoms with van der Waals surface area (Å²) < 4.78 is 21.2. The minimum Gasteiger partial charge on any atom is -0.496 e. The molecule has 0 aromatic heterocycles. The van der Waals surface area contributed by atoms with Crippen LogP contribution in [0.25, 0.3) is 6.08 Å². The van der Waals surface area contributed by atoms with Gasteiger partial charge in [0.2, 0.25) is 0 Å². The first kappa shape index (κ1) is 29.5. The van der Waals surface area contributed by atoms with Crippen molar-refractivity contribution in [1.29, 1.82) is 0 Å². The molecule has 1 aliphatic rings. The molecule has 2 rings (SSSR count). The molecule has 8 heteroatoms. The number of carbonyl (C=O) groups is 1. The van der Waals surface area contributed by atoms with Gasteiger partial charge in [-0.2, -0.15) is 0 Å². The lowest BCUT2D eigenvalue weighted by Gasteiger charge is -2.40. The summed E-state index contributed by atoms with van der Waals surface area (Å²) in [5, 5.41) is 29.6. The highest BCUT2D eigenvalue weighted by Crippen LogP contribution is 2.28. The Bertz CT molecular complexity index is 1030. The van der Waals surface area contributed by atoms with Crippen molar-refractivity contribution in [2.24, 2.45) is 0 Å². The van der Waals surface area contributed by atoms with Gasteiger partial charge in [0.05, 0.1) is 13.7 Å². The summed E-state index contributed by atoms with van der Waals surface area (Å²) in [6.45, 7) is 9.39. The summed E-state index contributed by atoms with van der Waals surface area (Å²) in [7, 11) is 2.99. The van der Waals surface area contributed by atoms with Gasteiger partial charge in [0.1, 0.15) is 24.1 Å². The summed E-state index contributed by atoms with van der Waals surface area (Å²) >= 11 is 0. The summed E-state index contributed by atoms with van der Waals surface area (Å²) in [6, 6.07) is 2.03. The number of allylic oxidation sites excluding steroid dienone is 6. The molecule has 36 heavy (non-hydrogen) atoms. The number of ether oxygens (including phenoxy) is 4. The van der Waals surface area contributed by atoms with Crippen LogP contribution >= 0.6 is 0 Å². The molecule has 3 N–H and O–H groups in total. The van der Waals surface area contributed by atoms with Crippen LogP contribution in [0, 0.1) is 20.8 Å². The Morgan fingerprint density at radius 2 is 1.75 bits per heavy atom. The first-order chi connectivity index (χ1) is 17.0. The Hall–Kier alpha value is -2.75. The summed E-state index contributed by atoms with van der Waals surface area (Å²) in [6.07, 6.45) is 4.60. The van der Waals surface area contributed by atoms with E-state index in [0.717, 1.165) is 28.0 Å². The molecule has 0 radical (unpaired) electrons. The molecule has 5 atom stereocenters. The Balaban J connectivity index is 2.04. The van der Waals surface area contributed by atoms with Gasteiger partial charge in [-0.3, -0.25) is 0 Å². The van der Waals surface area contributed by atoms with Crippen molar-refractivity contribution in [3.63, 3.8) is 0 Å². The van der Waals surface area contributed by atoms with E-state index in [4.69, 9.17) is 18.9 Å². The third kappa shape index (κ3) is 7.38. The molecule has 1 fully saturated rings. The second kappa shape index (κ2) is 13.5. The Labute approximate surface area is 213 Å². The quantitative estimate of drug-likeness (QED) is 0.268. The number of hydrogen-bond acceptors (Lipinski definition) is 8. The van der Waals surface area contributed by atoms with Gasteiger partial charge in [-0.25, -0.2) is 4.79 Å². The van der Waals surface area contributed by atoms with Crippen molar-refractivity contribution >= 4 is 12.0 Å². The van der Waals surface area contributed by atoms with E-state index < -0.39 is 43.3 Å². The highest BCUT2D eigenvalue weighted by molar-refractivity contribution is 5.83. The monoisotopic (exact) mass is 502 g/mol. The van der Waals surface area contributed by atoms with Gasteiger partial charge < -0.3 is 34.3 Å². The van der Waals surface area contributed by atoms with E-state index in [1.807, 2.05) is 38.1 Å². The van der Waals surface area contributed by atoms with Crippen molar-refractivity contribution in [1.82, 2.24) is 0 Å². The molecule has 198 valence electrons. The third-order valence-corrected chi connectivity index (χ3v) is 6.21. The van der Waals surface area contributed by atoms with Crippen LogP contribution in [-0.4, -0.2) is 72.8 Å². The van der Waals surface area contributed by atoms with Crippen LogP contribution in [0.15, 0.2) is 47.6 Å². The van der Waals surface area contributed by atoms with Crippen molar-refractivity contribution < 1.29 is 39.1 Å². The fourth-order valence-electron chi connectivity index (χ4n) is 3.93. The van der Waals surface area contributed by atoms with E-state index in [1.165, 1.54) is 18.7 Å². The van der Waals surface area contributed by atoms with Crippen LogP contribution in [0.5, 0.6) is 5.75 Å². The first-order valence-electron chi connectivity index (χ1n) is 11.8. The Kier molecular flexibility index (Phi) is 11.1. The molecule has 0 aliphatic carbocycles. The lowest BCUT2D eigenvalue weighted by molar-refractivity contribution is -0.297. The Morgan fingerprint density at radius 3 is 2.36 bits per heavy atom. The maximum Gasteiger partial charge on any atom is 0.331 e. The molecule has 1 aliphatic heterocycles. The van der Waals surface area contributed by atoms with Gasteiger partial charge in [-0.1, -0.05) is 36.0 Å². The summed E-state index contributed by atoms with van der Waals surface area (Å²) in [4.78, 5) is 12.4. The lowest BCUT2D eigenvalue weighted by Crippen LogP contribution is -2.60. The number of benzene rings is 1. The number of methoxy groups -OCH3 is 2. The van der Waals surface area contributed by atoms with Gasteiger partial charge in [-0.15, -0.1) is 0 Å². The molecule has 0 amide bonds. The second-order valence-corrected chi connectivity index (χ2v) is 8.89. The molecule has 8 nitrogen and oxygen atoms in total. The second-order valence-electron chi connectivity index (χ2n) is 8.89. The molecule has 0 spiro atoms. The number of carbonyl (C=O) groups excluding carboxylic acids is 1. The molecule has 1 heterocycles. The van der Waals surface area contributed by atoms with Crippen LogP contribution in [-0.2, 0) is 19.0 Å². The Morgan fingerprint density at radius 1 is 1.06 bits per heavy atom. The zero-order chi connectivity index (χ0) is 27.0. The fourth-order valence-corrected chi connectivity index (χ4v) is 3.93. The number of aliphatic hydroxyl groups is 3. The average molecular weight is 503 g/mol. The first-order valence-corrected chi connectivity index (χ1v) is 11.8. The van der Waals surface area contributed by atoms with E-state index in [-0.39, 0.29) is 0 Å². The molecule has 1 saturated heterocycles. The number of esters is 1. The van der Waals surface area contributed by atoms with Crippen molar-refractivity contribution in [3.05, 3.63) is 69.8 Å². The highest BCUT2D eigenvalue weighted by Gasteiger charge is 2.46. The SMILES string of the molecule is COc1cc(C)c(C=CC(C)=CC=CC(C)=CC(=O)O[C@H]2[C@@H](OC)O[C@H](CO)[C@@H](O)[C@@H]2O)c(C)c1C. The van der Waals surface area contributed by atoms with Gasteiger partial charge >= 0.3 is 5.97 Å². The van der Waals surface area contributed by atoms with Crippen LogP contribution in [0.1, 0.15) is 36.1 Å². The lowest BCUT2D eigenvalue weighted by atomic mass is 9.96. The van der Waals surface area contributed by atoms with Crippen molar-refractivity contribution in [2.75, 3.05) is 20.8 Å². The largest absolute Gasteiger partial charge is 0.496 e. The maximum atomic E-state index is 12.4. The number of aryl methyl sites for hydroxylation is 1. The molecule has 0 unspecified atom stereocenters. The van der Waals surface area contributed by atoms with E-state index in [9.17, 15) is 20.1 Å². The fraction of sp³-hybridized carbons (Fsp3) is 0.464. The molecule has 0 bridgehead atoms. The topological polar surface area (TPSA) is 115 Å². The summed E-state index contributed by atoms with van der Waals surface area (Å²) in [5.74, 6) is 0.162. The number of rotatable bonds is 9. The van der Waals surface area contributed by atoms with Gasteiger partial charge in [0.15, 0.2) is 12.4 Å². The van der Waals surface area contributed by atoms with E-state index >= 15 is 0 Å². The molecule has 1 aromatic carbocycles. The number of hydrogen-bond donors (Lipinski definition) is 3. The van der Waals surface area contributed by atoms with E-state index in [0.29, 0.717) is 5.57 Å². The van der Waals surface area contributed by atoms with Crippen molar-refractivity contribution in [3.8, 4) is 5.75 Å². The van der Waals surface area contributed by atoms with Crippen LogP contribution in [0.4, 0.5) is 0 Å². The van der Waals surface area contributed by atoms with Crippen LogP contribution < -0.4 is 4.74 Å². The van der Waals surface area contributed by atoms with Gasteiger partial charge in [0, 0.05) is 13.2 Å². The molecular formula is C28H38O8. The van der Waals surface area contributed by atoms with Gasteiger partial charge in [-0.05, 0) is 68.5 Å². The minimum absolute atomic E-state index is 0.510. The van der Waals surface area contributed by atoms with Gasteiger partial charge in [0.25, 0.3) is 0 Å².